The van der Waals surface area contributed by atoms with Crippen LogP contribution in [0.4, 0.5) is 11.4 Å². The summed E-state index contributed by atoms with van der Waals surface area (Å²) in [6.07, 6.45) is 0. The van der Waals surface area contributed by atoms with Crippen molar-refractivity contribution < 1.29 is 0 Å². The number of halogens is 1. The highest BCUT2D eigenvalue weighted by Crippen LogP contribution is 2.17. The molecular formula is C19H15ClN4. The molecule has 0 saturated heterocycles. The molecule has 3 aromatic rings. The lowest BCUT2D eigenvalue weighted by Crippen LogP contribution is -2.00. The molecular weight excluding hydrogens is 320 g/mol. The number of anilines is 1. The number of hydrazone groups is 1. The number of benzene rings is 3. The molecule has 0 aliphatic carbocycles. The molecule has 118 valence electrons. The number of nitrogens with zero attached hydrogens (tertiary/aromatic N) is 3. The fourth-order valence-corrected chi connectivity index (χ4v) is 2.10. The highest BCUT2D eigenvalue weighted by Gasteiger charge is 2.02. The summed E-state index contributed by atoms with van der Waals surface area (Å²) >= 11 is 5.88. The summed E-state index contributed by atoms with van der Waals surface area (Å²) in [6.45, 7) is 0. The highest BCUT2D eigenvalue weighted by atomic mass is 35.5. The second-order valence-electron chi connectivity index (χ2n) is 4.96. The fraction of sp³-hybridized carbons (Fsp3) is 0. The molecule has 0 aliphatic heterocycles. The summed E-state index contributed by atoms with van der Waals surface area (Å²) in [5.74, 6) is 0.495. The van der Waals surface area contributed by atoms with Gasteiger partial charge in [-0.1, -0.05) is 60.1 Å². The number of nitrogens with one attached hydrogen (secondary N) is 1. The largest absolute Gasteiger partial charge is 0.276 e. The van der Waals surface area contributed by atoms with Crippen molar-refractivity contribution in [1.82, 2.24) is 0 Å². The first-order chi connectivity index (χ1) is 11.8. The Morgan fingerprint density at radius 2 is 1.38 bits per heavy atom. The summed E-state index contributed by atoms with van der Waals surface area (Å²) in [5, 5.41) is 13.6. The van der Waals surface area contributed by atoms with Gasteiger partial charge in [0.2, 0.25) is 5.84 Å². The molecule has 1 N–H and O–H groups in total. The Labute approximate surface area is 145 Å². The van der Waals surface area contributed by atoms with E-state index in [0.29, 0.717) is 16.5 Å². The quantitative estimate of drug-likeness (QED) is 0.274. The van der Waals surface area contributed by atoms with Crippen molar-refractivity contribution in [2.24, 2.45) is 15.3 Å². The van der Waals surface area contributed by atoms with Crippen molar-refractivity contribution in [3.63, 3.8) is 0 Å². The van der Waals surface area contributed by atoms with E-state index >= 15 is 0 Å². The van der Waals surface area contributed by atoms with E-state index in [4.69, 9.17) is 11.6 Å². The molecule has 0 heterocycles. The fourth-order valence-electron chi connectivity index (χ4n) is 1.97. The first-order valence-electron chi connectivity index (χ1n) is 7.43. The molecule has 24 heavy (non-hydrogen) atoms. The first-order valence-corrected chi connectivity index (χ1v) is 7.80. The van der Waals surface area contributed by atoms with Crippen LogP contribution >= 0.6 is 11.6 Å². The number of azo groups is 1. The zero-order valence-electron chi connectivity index (χ0n) is 12.8. The van der Waals surface area contributed by atoms with Crippen LogP contribution in [0.25, 0.3) is 0 Å². The highest BCUT2D eigenvalue weighted by molar-refractivity contribution is 6.30. The van der Waals surface area contributed by atoms with Crippen LogP contribution < -0.4 is 5.43 Å². The summed E-state index contributed by atoms with van der Waals surface area (Å²) in [5.41, 5.74) is 5.47. The average molecular weight is 335 g/mol. The molecule has 0 fully saturated rings. The van der Waals surface area contributed by atoms with Gasteiger partial charge in [-0.05, 0) is 36.4 Å². The summed E-state index contributed by atoms with van der Waals surface area (Å²) in [4.78, 5) is 0. The van der Waals surface area contributed by atoms with Crippen LogP contribution in [0.2, 0.25) is 5.02 Å². The number of hydrogen-bond acceptors (Lipinski definition) is 3. The lowest BCUT2D eigenvalue weighted by Gasteiger charge is -2.03. The van der Waals surface area contributed by atoms with Crippen molar-refractivity contribution in [2.75, 3.05) is 5.43 Å². The molecule has 0 radical (unpaired) electrons. The van der Waals surface area contributed by atoms with Crippen molar-refractivity contribution in [2.45, 2.75) is 0 Å². The van der Waals surface area contributed by atoms with Crippen LogP contribution in [-0.4, -0.2) is 5.84 Å². The van der Waals surface area contributed by atoms with Gasteiger partial charge in [0.1, 0.15) is 0 Å². The minimum Gasteiger partial charge on any atom is -0.276 e. The molecule has 0 aromatic heterocycles. The topological polar surface area (TPSA) is 49.1 Å². The standard InChI is InChI=1S/C19H15ClN4/c20-16-11-13-18(14-12-16)22-24-19(15-7-3-1-4-8-15)23-21-17-9-5-2-6-10-17/h1-14,21H/b23-19+,24-22?. The van der Waals surface area contributed by atoms with Gasteiger partial charge in [-0.2, -0.15) is 5.10 Å². The Morgan fingerprint density at radius 3 is 2.04 bits per heavy atom. The van der Waals surface area contributed by atoms with Gasteiger partial charge in [0, 0.05) is 10.6 Å². The molecule has 0 unspecified atom stereocenters. The lowest BCUT2D eigenvalue weighted by molar-refractivity contribution is 1.22. The predicted molar refractivity (Wildman–Crippen MR) is 99.0 cm³/mol. The molecule has 0 aliphatic rings. The van der Waals surface area contributed by atoms with Crippen molar-refractivity contribution in [3.05, 3.63) is 95.5 Å². The lowest BCUT2D eigenvalue weighted by atomic mass is 10.2. The van der Waals surface area contributed by atoms with Gasteiger partial charge in [-0.15, -0.1) is 10.2 Å². The Hall–Kier alpha value is -2.98. The van der Waals surface area contributed by atoms with Crippen LogP contribution in [-0.2, 0) is 0 Å². The van der Waals surface area contributed by atoms with Gasteiger partial charge in [-0.3, -0.25) is 5.43 Å². The van der Waals surface area contributed by atoms with Crippen LogP contribution in [0, 0.1) is 0 Å². The van der Waals surface area contributed by atoms with E-state index in [9.17, 15) is 0 Å². The molecule has 0 atom stereocenters. The zero-order valence-corrected chi connectivity index (χ0v) is 13.6. The molecule has 0 amide bonds. The Balaban J connectivity index is 1.86. The Kier molecular flexibility index (Phi) is 5.32. The third kappa shape index (κ3) is 4.51. The molecule has 5 heteroatoms. The number of rotatable bonds is 4. The number of para-hydroxylation sites is 1. The zero-order chi connectivity index (χ0) is 16.6. The summed E-state index contributed by atoms with van der Waals surface area (Å²) in [6, 6.07) is 26.5. The van der Waals surface area contributed by atoms with Crippen molar-refractivity contribution in [1.29, 1.82) is 0 Å². The predicted octanol–water partition coefficient (Wildman–Crippen LogP) is 5.90. The van der Waals surface area contributed by atoms with Gasteiger partial charge in [0.05, 0.1) is 11.4 Å². The van der Waals surface area contributed by atoms with E-state index in [0.717, 1.165) is 11.3 Å². The maximum absolute atomic E-state index is 5.88. The van der Waals surface area contributed by atoms with E-state index in [1.807, 2.05) is 60.7 Å². The molecule has 0 bridgehead atoms. The third-order valence-corrected chi connectivity index (χ3v) is 3.44. The monoisotopic (exact) mass is 334 g/mol. The van der Waals surface area contributed by atoms with Crippen LogP contribution in [0.3, 0.4) is 0 Å². The van der Waals surface area contributed by atoms with E-state index in [1.54, 1.807) is 24.3 Å². The summed E-state index contributed by atoms with van der Waals surface area (Å²) in [7, 11) is 0. The first kappa shape index (κ1) is 15.9. The molecule has 3 rings (SSSR count). The third-order valence-electron chi connectivity index (χ3n) is 3.18. The van der Waals surface area contributed by atoms with Gasteiger partial charge in [0.15, 0.2) is 0 Å². The molecule has 0 spiro atoms. The van der Waals surface area contributed by atoms with E-state index < -0.39 is 0 Å². The van der Waals surface area contributed by atoms with Gasteiger partial charge in [-0.25, -0.2) is 0 Å². The summed E-state index contributed by atoms with van der Waals surface area (Å²) < 4.78 is 0. The van der Waals surface area contributed by atoms with Crippen LogP contribution in [0.5, 0.6) is 0 Å². The molecule has 4 nitrogen and oxygen atoms in total. The van der Waals surface area contributed by atoms with E-state index in [-0.39, 0.29) is 0 Å². The SMILES string of the molecule is Clc1ccc(N=N/C(=N/Nc2ccccc2)c2ccccc2)cc1. The second kappa shape index (κ2) is 8.04. The molecule has 0 saturated carbocycles. The smallest absolute Gasteiger partial charge is 0.201 e. The van der Waals surface area contributed by atoms with Crippen molar-refractivity contribution in [3.8, 4) is 0 Å². The average Bonchev–Trinajstić information content (AvgIpc) is 2.65. The second-order valence-corrected chi connectivity index (χ2v) is 5.39. The van der Waals surface area contributed by atoms with Gasteiger partial charge >= 0.3 is 0 Å². The minimum absolute atomic E-state index is 0.495. The maximum atomic E-state index is 5.88. The van der Waals surface area contributed by atoms with Crippen molar-refractivity contribution >= 4 is 28.8 Å². The van der Waals surface area contributed by atoms with Crippen LogP contribution in [0.15, 0.2) is 100 Å². The van der Waals surface area contributed by atoms with Gasteiger partial charge < -0.3 is 0 Å². The van der Waals surface area contributed by atoms with E-state index in [1.165, 1.54) is 0 Å². The van der Waals surface area contributed by atoms with Gasteiger partial charge in [0.25, 0.3) is 0 Å². The van der Waals surface area contributed by atoms with Crippen LogP contribution in [0.1, 0.15) is 5.56 Å². The maximum Gasteiger partial charge on any atom is 0.201 e. The molecule has 3 aromatic carbocycles. The Bertz CT molecular complexity index is 828. The van der Waals surface area contributed by atoms with E-state index in [2.05, 4.69) is 20.8 Å². The Morgan fingerprint density at radius 1 is 0.750 bits per heavy atom. The normalized spacial score (nSPS) is 11.6. The number of hydrogen-bond donors (Lipinski definition) is 1. The minimum atomic E-state index is 0.495. The number of amidine groups is 1.